The number of rotatable bonds is 26. The molecule has 0 radical (unpaired) electrons. The molecule has 49 heavy (non-hydrogen) atoms. The van der Waals surface area contributed by atoms with Crippen LogP contribution >= 0.6 is 0 Å². The Balaban J connectivity index is 3.35. The maximum absolute atomic E-state index is 11.8. The first-order valence-corrected chi connectivity index (χ1v) is 18.5. The highest BCUT2D eigenvalue weighted by Gasteiger charge is 2.44. The topological polar surface area (TPSA) is 114 Å². The first kappa shape index (κ1) is 41.6. The van der Waals surface area contributed by atoms with Gasteiger partial charge in [-0.15, -0.1) is 0 Å². The molecule has 0 atom stereocenters. The molecule has 0 saturated carbocycles. The van der Waals surface area contributed by atoms with Crippen LogP contribution in [0.4, 0.5) is 0 Å². The number of hydrogen-bond donors (Lipinski definition) is 2. The summed E-state index contributed by atoms with van der Waals surface area (Å²) >= 11 is 0. The van der Waals surface area contributed by atoms with Crippen LogP contribution in [0, 0.1) is 0 Å². The van der Waals surface area contributed by atoms with Crippen LogP contribution < -0.4 is 37.9 Å². The smallest absolute Gasteiger partial charge is 0.208 e. The fraction of sp³-hybridized carbons (Fsp3) is 0.692. The normalized spacial score (nSPS) is 11.3. The highest BCUT2D eigenvalue weighted by atomic mass is 16.6. The predicted octanol–water partition coefficient (Wildman–Crippen LogP) is 9.73. The fourth-order valence-corrected chi connectivity index (χ4v) is 5.28. The molecular formula is C39H64O10. The Labute approximate surface area is 295 Å². The minimum Gasteiger partial charge on any atom is -0.501 e. The van der Waals surface area contributed by atoms with Crippen molar-refractivity contribution in [1.29, 1.82) is 0 Å². The van der Waals surface area contributed by atoms with E-state index in [1.807, 2.05) is 69.2 Å². The third-order valence-electron chi connectivity index (χ3n) is 7.45. The van der Waals surface area contributed by atoms with Crippen molar-refractivity contribution in [2.45, 2.75) is 126 Å². The lowest BCUT2D eigenvalue weighted by Crippen LogP contribution is -2.26. The third kappa shape index (κ3) is 10.2. The number of hydrogen-bond acceptors (Lipinski definition) is 10. The second-order valence-electron chi connectivity index (χ2n) is 12.5. The summed E-state index contributed by atoms with van der Waals surface area (Å²) in [6.07, 6.45) is 5.70. The van der Waals surface area contributed by atoms with Crippen LogP contribution in [0.3, 0.4) is 0 Å². The van der Waals surface area contributed by atoms with Gasteiger partial charge < -0.3 is 48.1 Å². The Morgan fingerprint density at radius 3 is 0.653 bits per heavy atom. The average Bonchev–Trinajstić information content (AvgIpc) is 3.09. The number of phenolic OH excluding ortho intramolecular Hbond substituents is 2. The zero-order chi connectivity index (χ0) is 36.4. The number of phenols is 2. The molecule has 0 fully saturated rings. The molecule has 0 unspecified atom stereocenters. The second kappa shape index (κ2) is 21.5. The molecule has 0 aromatic heterocycles. The third-order valence-corrected chi connectivity index (χ3v) is 7.45. The van der Waals surface area contributed by atoms with Gasteiger partial charge in [0.2, 0.25) is 34.5 Å². The monoisotopic (exact) mass is 692 g/mol. The Kier molecular flexibility index (Phi) is 18.3. The minimum atomic E-state index is -1.07. The molecule has 0 saturated heterocycles. The van der Waals surface area contributed by atoms with Crippen LogP contribution in [0.1, 0.15) is 132 Å². The van der Waals surface area contributed by atoms with Crippen molar-refractivity contribution in [3.63, 3.8) is 0 Å². The van der Waals surface area contributed by atoms with E-state index < -0.39 is 5.41 Å². The molecule has 0 amide bonds. The van der Waals surface area contributed by atoms with E-state index in [9.17, 15) is 10.2 Å². The van der Waals surface area contributed by atoms with Crippen LogP contribution in [0.5, 0.6) is 57.5 Å². The summed E-state index contributed by atoms with van der Waals surface area (Å²) < 4.78 is 51.2. The van der Waals surface area contributed by atoms with Crippen molar-refractivity contribution in [3.8, 4) is 57.5 Å². The van der Waals surface area contributed by atoms with Crippen molar-refractivity contribution in [2.75, 3.05) is 52.9 Å². The summed E-state index contributed by atoms with van der Waals surface area (Å²) in [4.78, 5) is 0. The van der Waals surface area contributed by atoms with Gasteiger partial charge in [0, 0.05) is 5.41 Å². The first-order valence-electron chi connectivity index (χ1n) is 18.5. The standard InChI is InChI=1S/C39H64O10/c1-11-19-42-31-27(32(43-20-12-2)36(47-24-16-6)29(40)35(31)46-23-15-5)39(9,10)28-33(44-21-13-3)37(48-25-17-7)30(41)38(49-26-18-8)34(28)45-22-14-4/h40-41H,11-26H2,1-10H3. The van der Waals surface area contributed by atoms with Gasteiger partial charge in [-0.1, -0.05) is 69.2 Å². The van der Waals surface area contributed by atoms with E-state index in [-0.39, 0.29) is 34.5 Å². The van der Waals surface area contributed by atoms with E-state index >= 15 is 0 Å². The van der Waals surface area contributed by atoms with Gasteiger partial charge in [-0.05, 0) is 51.4 Å². The zero-order valence-corrected chi connectivity index (χ0v) is 32.0. The van der Waals surface area contributed by atoms with Crippen LogP contribution in [0.25, 0.3) is 0 Å². The molecule has 2 rings (SSSR count). The van der Waals surface area contributed by atoms with Gasteiger partial charge in [-0.2, -0.15) is 0 Å². The van der Waals surface area contributed by atoms with Gasteiger partial charge in [0.15, 0.2) is 23.0 Å². The molecule has 2 aromatic carbocycles. The first-order chi connectivity index (χ1) is 23.7. The van der Waals surface area contributed by atoms with Crippen molar-refractivity contribution in [3.05, 3.63) is 11.1 Å². The summed E-state index contributed by atoms with van der Waals surface area (Å²) in [5, 5.41) is 23.6. The molecule has 10 nitrogen and oxygen atoms in total. The summed E-state index contributed by atoms with van der Waals surface area (Å²) in [7, 11) is 0. The lowest BCUT2D eigenvalue weighted by molar-refractivity contribution is 0.216. The van der Waals surface area contributed by atoms with E-state index in [1.54, 1.807) is 0 Å². The van der Waals surface area contributed by atoms with Crippen LogP contribution in [-0.2, 0) is 5.41 Å². The summed E-state index contributed by atoms with van der Waals surface area (Å²) in [6.45, 7) is 22.9. The Hall–Kier alpha value is -3.56. The molecule has 0 heterocycles. The maximum atomic E-state index is 11.8. The van der Waals surface area contributed by atoms with Gasteiger partial charge in [-0.3, -0.25) is 0 Å². The average molecular weight is 693 g/mol. The van der Waals surface area contributed by atoms with Crippen molar-refractivity contribution < 1.29 is 48.1 Å². The molecule has 2 N–H and O–H groups in total. The molecule has 0 aliphatic carbocycles. The summed E-state index contributed by atoms with van der Waals surface area (Å²) in [5.41, 5.74) is 0.101. The molecular weight excluding hydrogens is 628 g/mol. The second-order valence-corrected chi connectivity index (χ2v) is 12.5. The largest absolute Gasteiger partial charge is 0.501 e. The van der Waals surface area contributed by atoms with E-state index in [4.69, 9.17) is 37.9 Å². The molecule has 0 aliphatic rings. The number of ether oxygens (including phenoxy) is 8. The fourth-order valence-electron chi connectivity index (χ4n) is 5.28. The molecule has 2 aromatic rings. The summed E-state index contributed by atoms with van der Waals surface area (Å²) in [6, 6.07) is 0. The molecule has 10 heteroatoms. The van der Waals surface area contributed by atoms with E-state index in [0.29, 0.717) is 138 Å². The molecule has 0 bridgehead atoms. The highest BCUT2D eigenvalue weighted by molar-refractivity contribution is 5.77. The minimum absolute atomic E-state index is 0.173. The van der Waals surface area contributed by atoms with Gasteiger partial charge in [0.1, 0.15) is 0 Å². The van der Waals surface area contributed by atoms with Crippen molar-refractivity contribution in [1.82, 2.24) is 0 Å². The highest BCUT2D eigenvalue weighted by Crippen LogP contribution is 2.63. The van der Waals surface area contributed by atoms with Crippen molar-refractivity contribution in [2.24, 2.45) is 0 Å². The van der Waals surface area contributed by atoms with Crippen molar-refractivity contribution >= 4 is 0 Å². The van der Waals surface area contributed by atoms with Crippen LogP contribution in [0.2, 0.25) is 0 Å². The number of benzene rings is 2. The van der Waals surface area contributed by atoms with Gasteiger partial charge in [0.05, 0.1) is 64.0 Å². The molecule has 0 aliphatic heterocycles. The quantitative estimate of drug-likeness (QED) is 0.0988. The Bertz CT molecular complexity index is 1100. The van der Waals surface area contributed by atoms with Gasteiger partial charge in [-0.25, -0.2) is 0 Å². The van der Waals surface area contributed by atoms with Gasteiger partial charge >= 0.3 is 0 Å². The van der Waals surface area contributed by atoms with Crippen LogP contribution in [0.15, 0.2) is 0 Å². The molecule has 0 spiro atoms. The maximum Gasteiger partial charge on any atom is 0.208 e. The predicted molar refractivity (Wildman–Crippen MR) is 195 cm³/mol. The Morgan fingerprint density at radius 2 is 0.490 bits per heavy atom. The SMILES string of the molecule is CCCOc1c(O)c(OCCC)c(OCCC)c(C(C)(C)c2c(OCCC)c(OCCC)c(O)c(OCCC)c2OCCC)c1OCCC. The lowest BCUT2D eigenvalue weighted by Gasteiger charge is -2.36. The molecule has 280 valence electrons. The number of aromatic hydroxyl groups is 2. The van der Waals surface area contributed by atoms with E-state index in [0.717, 1.165) is 0 Å². The van der Waals surface area contributed by atoms with E-state index in [1.165, 1.54) is 0 Å². The lowest BCUT2D eigenvalue weighted by atomic mass is 9.75. The van der Waals surface area contributed by atoms with Crippen LogP contribution in [-0.4, -0.2) is 63.1 Å². The summed E-state index contributed by atoms with van der Waals surface area (Å²) in [5.74, 6) is 1.76. The van der Waals surface area contributed by atoms with E-state index in [2.05, 4.69) is 0 Å². The zero-order valence-electron chi connectivity index (χ0n) is 32.0. The van der Waals surface area contributed by atoms with Gasteiger partial charge in [0.25, 0.3) is 0 Å². The Morgan fingerprint density at radius 1 is 0.327 bits per heavy atom.